The molecule has 1 fully saturated rings. The molecule has 0 radical (unpaired) electrons. The quantitative estimate of drug-likeness (QED) is 0.771. The fraction of sp³-hybridized carbons (Fsp3) is 0.579. The van der Waals surface area contributed by atoms with Crippen LogP contribution in [0.15, 0.2) is 42.5 Å². The zero-order valence-electron chi connectivity index (χ0n) is 13.4. The van der Waals surface area contributed by atoms with Crippen LogP contribution in [0.3, 0.4) is 0 Å². The minimum Gasteiger partial charge on any atom is -0.376 e. The first-order chi connectivity index (χ1) is 10.8. The molecule has 1 spiro atoms. The third-order valence-corrected chi connectivity index (χ3v) is 4.65. The van der Waals surface area contributed by atoms with Gasteiger partial charge in [0.1, 0.15) is 0 Å². The second kappa shape index (κ2) is 7.40. The number of ether oxygens (including phenoxy) is 3. The summed E-state index contributed by atoms with van der Waals surface area (Å²) in [6.45, 7) is 5.08. The summed E-state index contributed by atoms with van der Waals surface area (Å²) < 4.78 is 17.8. The fourth-order valence-electron chi connectivity index (χ4n) is 3.03. The average Bonchev–Trinajstić information content (AvgIpc) is 2.59. The first kappa shape index (κ1) is 15.7. The lowest BCUT2D eigenvalue weighted by molar-refractivity contribution is -0.244. The highest BCUT2D eigenvalue weighted by Gasteiger charge is 2.37. The van der Waals surface area contributed by atoms with Crippen LogP contribution in [0.25, 0.3) is 0 Å². The largest absolute Gasteiger partial charge is 0.376 e. The van der Waals surface area contributed by atoms with Crippen LogP contribution in [-0.4, -0.2) is 25.6 Å². The molecule has 3 atom stereocenters. The Morgan fingerprint density at radius 1 is 1.18 bits per heavy atom. The second-order valence-corrected chi connectivity index (χ2v) is 6.37. The molecular formula is C19H26O3. The number of rotatable bonds is 5. The molecule has 1 aromatic carbocycles. The van der Waals surface area contributed by atoms with Gasteiger partial charge in [-0.25, -0.2) is 0 Å². The molecule has 3 rings (SSSR count). The van der Waals surface area contributed by atoms with E-state index >= 15 is 0 Å². The number of benzene rings is 1. The summed E-state index contributed by atoms with van der Waals surface area (Å²) in [5.74, 6) is 0.554. The van der Waals surface area contributed by atoms with Crippen molar-refractivity contribution in [2.75, 3.05) is 19.8 Å². The Morgan fingerprint density at radius 3 is 2.64 bits per heavy atom. The Labute approximate surface area is 133 Å². The van der Waals surface area contributed by atoms with Crippen molar-refractivity contribution in [2.24, 2.45) is 11.8 Å². The topological polar surface area (TPSA) is 27.7 Å². The van der Waals surface area contributed by atoms with Crippen LogP contribution < -0.4 is 0 Å². The maximum atomic E-state index is 6.03. The Hall–Kier alpha value is -1.16. The van der Waals surface area contributed by atoms with Crippen molar-refractivity contribution in [3.05, 3.63) is 48.0 Å². The smallest absolute Gasteiger partial charge is 0.187 e. The summed E-state index contributed by atoms with van der Waals surface area (Å²) in [6.07, 6.45) is 7.67. The van der Waals surface area contributed by atoms with Crippen LogP contribution in [0.4, 0.5) is 0 Å². The molecule has 22 heavy (non-hydrogen) atoms. The van der Waals surface area contributed by atoms with Gasteiger partial charge in [0.25, 0.3) is 0 Å². The predicted molar refractivity (Wildman–Crippen MR) is 86.4 cm³/mol. The zero-order valence-corrected chi connectivity index (χ0v) is 13.4. The minimum atomic E-state index is -0.457. The molecule has 0 unspecified atom stereocenters. The lowest BCUT2D eigenvalue weighted by Crippen LogP contribution is -2.43. The lowest BCUT2D eigenvalue weighted by Gasteiger charge is -2.40. The van der Waals surface area contributed by atoms with E-state index in [1.54, 1.807) is 0 Å². The highest BCUT2D eigenvalue weighted by molar-refractivity contribution is 5.13. The third-order valence-electron chi connectivity index (χ3n) is 4.65. The molecule has 0 saturated carbocycles. The zero-order chi connectivity index (χ0) is 15.3. The van der Waals surface area contributed by atoms with Crippen LogP contribution in [0, 0.1) is 11.8 Å². The van der Waals surface area contributed by atoms with Gasteiger partial charge in [0.2, 0.25) is 0 Å². The summed E-state index contributed by atoms with van der Waals surface area (Å²) in [6, 6.07) is 10.3. The Morgan fingerprint density at radius 2 is 2.00 bits per heavy atom. The van der Waals surface area contributed by atoms with Crippen molar-refractivity contribution >= 4 is 0 Å². The molecule has 0 N–H and O–H groups in total. The average molecular weight is 302 g/mol. The van der Waals surface area contributed by atoms with Gasteiger partial charge in [-0.3, -0.25) is 0 Å². The highest BCUT2D eigenvalue weighted by Crippen LogP contribution is 2.34. The maximum absolute atomic E-state index is 6.03. The molecule has 3 nitrogen and oxygen atoms in total. The van der Waals surface area contributed by atoms with E-state index in [0.29, 0.717) is 31.7 Å². The first-order valence-electron chi connectivity index (χ1n) is 8.38. The Bertz CT molecular complexity index is 475. The SMILES string of the molecule is CC[C@@H]1CC[C@@]2(C=C[C@@H](COCc3ccccc3)CO2)OC1. The van der Waals surface area contributed by atoms with Crippen LogP contribution >= 0.6 is 0 Å². The minimum absolute atomic E-state index is 0.321. The lowest BCUT2D eigenvalue weighted by atomic mass is 9.92. The predicted octanol–water partition coefficient (Wildman–Crippen LogP) is 3.94. The van der Waals surface area contributed by atoms with Gasteiger partial charge in [-0.05, 0) is 24.0 Å². The summed E-state index contributed by atoms with van der Waals surface area (Å²) in [5, 5.41) is 0. The number of hydrogen-bond acceptors (Lipinski definition) is 3. The van der Waals surface area contributed by atoms with Crippen molar-refractivity contribution in [1.29, 1.82) is 0 Å². The molecular weight excluding hydrogens is 276 g/mol. The van der Waals surface area contributed by atoms with E-state index in [-0.39, 0.29) is 0 Å². The normalized spacial score (nSPS) is 31.5. The summed E-state index contributed by atoms with van der Waals surface area (Å²) in [5.41, 5.74) is 1.21. The van der Waals surface area contributed by atoms with Crippen LogP contribution in [0.1, 0.15) is 31.7 Å². The van der Waals surface area contributed by atoms with Crippen LogP contribution in [0.5, 0.6) is 0 Å². The summed E-state index contributed by atoms with van der Waals surface area (Å²) in [7, 11) is 0. The van der Waals surface area contributed by atoms with Crippen molar-refractivity contribution in [1.82, 2.24) is 0 Å². The molecule has 1 aromatic rings. The van der Waals surface area contributed by atoms with E-state index in [0.717, 1.165) is 13.0 Å². The van der Waals surface area contributed by atoms with E-state index in [9.17, 15) is 0 Å². The van der Waals surface area contributed by atoms with Crippen molar-refractivity contribution in [3.63, 3.8) is 0 Å². The van der Waals surface area contributed by atoms with Gasteiger partial charge in [-0.2, -0.15) is 0 Å². The Kier molecular flexibility index (Phi) is 5.29. The third kappa shape index (κ3) is 3.97. The molecule has 0 bridgehead atoms. The molecule has 120 valence electrons. The molecule has 3 heteroatoms. The van der Waals surface area contributed by atoms with Gasteiger partial charge in [0.05, 0.1) is 26.4 Å². The molecule has 1 saturated heterocycles. The van der Waals surface area contributed by atoms with E-state index in [2.05, 4.69) is 31.2 Å². The van der Waals surface area contributed by atoms with Crippen LogP contribution in [-0.2, 0) is 20.8 Å². The van der Waals surface area contributed by atoms with Crippen LogP contribution in [0.2, 0.25) is 0 Å². The standard InChI is InChI=1S/C19H26O3/c1-2-16-8-10-19(21-14-16)11-9-18(15-22-19)13-20-12-17-6-4-3-5-7-17/h3-7,9,11,16,18H,2,8,10,12-15H2,1H3/t16-,18+,19-/m1/s1. The molecule has 2 aliphatic heterocycles. The fourth-order valence-corrected chi connectivity index (χ4v) is 3.03. The van der Waals surface area contributed by atoms with Gasteiger partial charge in [-0.15, -0.1) is 0 Å². The molecule has 2 heterocycles. The van der Waals surface area contributed by atoms with E-state index < -0.39 is 5.79 Å². The van der Waals surface area contributed by atoms with Gasteiger partial charge in [-0.1, -0.05) is 49.8 Å². The second-order valence-electron chi connectivity index (χ2n) is 6.37. The monoisotopic (exact) mass is 302 g/mol. The first-order valence-corrected chi connectivity index (χ1v) is 8.38. The molecule has 0 amide bonds. The molecule has 2 aliphatic rings. The van der Waals surface area contributed by atoms with E-state index in [1.165, 1.54) is 18.4 Å². The van der Waals surface area contributed by atoms with Gasteiger partial charge < -0.3 is 14.2 Å². The molecule has 0 aliphatic carbocycles. The van der Waals surface area contributed by atoms with Crippen molar-refractivity contribution in [3.8, 4) is 0 Å². The van der Waals surface area contributed by atoms with Gasteiger partial charge in [0, 0.05) is 12.3 Å². The summed E-state index contributed by atoms with van der Waals surface area (Å²) >= 11 is 0. The summed E-state index contributed by atoms with van der Waals surface area (Å²) in [4.78, 5) is 0. The van der Waals surface area contributed by atoms with E-state index in [4.69, 9.17) is 14.2 Å². The van der Waals surface area contributed by atoms with Crippen molar-refractivity contribution < 1.29 is 14.2 Å². The number of hydrogen-bond donors (Lipinski definition) is 0. The highest BCUT2D eigenvalue weighted by atomic mass is 16.7. The van der Waals surface area contributed by atoms with Crippen molar-refractivity contribution in [2.45, 2.75) is 38.6 Å². The molecule has 0 aromatic heterocycles. The Balaban J connectivity index is 1.43. The van der Waals surface area contributed by atoms with Gasteiger partial charge in [0.15, 0.2) is 5.79 Å². The van der Waals surface area contributed by atoms with Gasteiger partial charge >= 0.3 is 0 Å². The van der Waals surface area contributed by atoms with E-state index in [1.807, 2.05) is 18.2 Å². The maximum Gasteiger partial charge on any atom is 0.187 e.